The number of piperazine rings is 1. The molecular formula is C17H28N2O2. The van der Waals surface area contributed by atoms with Gasteiger partial charge in [0.2, 0.25) is 0 Å². The number of nitrogens with zero attached hydrogens (tertiary/aromatic N) is 2. The summed E-state index contributed by atoms with van der Waals surface area (Å²) < 4.78 is 5.91. The fourth-order valence-electron chi connectivity index (χ4n) is 2.73. The van der Waals surface area contributed by atoms with Gasteiger partial charge in [0.25, 0.3) is 0 Å². The number of β-amino-alcohol motifs (C(OH)–C–C–N with tert-alkyl or cyclic N) is 1. The van der Waals surface area contributed by atoms with Gasteiger partial charge in [-0.1, -0.05) is 37.3 Å². The van der Waals surface area contributed by atoms with E-state index in [-0.39, 0.29) is 6.10 Å². The van der Waals surface area contributed by atoms with Crippen LogP contribution >= 0.6 is 0 Å². The van der Waals surface area contributed by atoms with Crippen molar-refractivity contribution < 1.29 is 9.84 Å². The predicted octanol–water partition coefficient (Wildman–Crippen LogP) is 1.76. The van der Waals surface area contributed by atoms with E-state index in [0.29, 0.717) is 13.2 Å². The number of hydrogen-bond donors (Lipinski definition) is 1. The quantitative estimate of drug-likeness (QED) is 0.831. The van der Waals surface area contributed by atoms with Gasteiger partial charge in [-0.15, -0.1) is 0 Å². The lowest BCUT2D eigenvalue weighted by molar-refractivity contribution is -0.0273. The molecule has 0 spiro atoms. The van der Waals surface area contributed by atoms with Crippen LogP contribution < -0.4 is 0 Å². The molecular weight excluding hydrogens is 264 g/mol. The molecule has 1 aliphatic heterocycles. The van der Waals surface area contributed by atoms with E-state index in [2.05, 4.69) is 35.9 Å². The van der Waals surface area contributed by atoms with Gasteiger partial charge in [-0.25, -0.2) is 0 Å². The van der Waals surface area contributed by atoms with Crippen molar-refractivity contribution in [2.45, 2.75) is 25.6 Å². The Kier molecular flexibility index (Phi) is 6.64. The van der Waals surface area contributed by atoms with E-state index in [0.717, 1.165) is 32.6 Å². The fourth-order valence-corrected chi connectivity index (χ4v) is 2.73. The molecule has 1 saturated heterocycles. The van der Waals surface area contributed by atoms with Crippen molar-refractivity contribution in [1.82, 2.24) is 9.80 Å². The summed E-state index contributed by atoms with van der Waals surface area (Å²) in [5.41, 5.74) is 1.19. The summed E-state index contributed by atoms with van der Waals surface area (Å²) >= 11 is 0. The lowest BCUT2D eigenvalue weighted by Crippen LogP contribution is -2.47. The normalized spacial score (nSPS) is 20.3. The summed E-state index contributed by atoms with van der Waals surface area (Å²) in [5.74, 6) is 0. The molecule has 4 heteroatoms. The highest BCUT2D eigenvalue weighted by molar-refractivity contribution is 5.17. The first-order valence-corrected chi connectivity index (χ1v) is 7.94. The Labute approximate surface area is 128 Å². The Morgan fingerprint density at radius 1 is 1.14 bits per heavy atom. The van der Waals surface area contributed by atoms with Gasteiger partial charge in [-0.05, 0) is 19.0 Å². The Hall–Kier alpha value is -0.940. The summed E-state index contributed by atoms with van der Waals surface area (Å²) in [6.07, 6.45) is 0.588. The molecule has 2 atom stereocenters. The standard InChI is InChI=1S/C17H28N2O2/c1-3-17(15-7-5-4-6-8-15)21-14-16(20)13-19-11-9-18(2)10-12-19/h4-8,16-17,20H,3,9-14H2,1-2H3. The van der Waals surface area contributed by atoms with Crippen molar-refractivity contribution in [2.75, 3.05) is 46.4 Å². The Morgan fingerprint density at radius 2 is 1.81 bits per heavy atom. The summed E-state index contributed by atoms with van der Waals surface area (Å²) in [5, 5.41) is 10.2. The topological polar surface area (TPSA) is 35.9 Å². The van der Waals surface area contributed by atoms with Gasteiger partial charge in [0, 0.05) is 32.7 Å². The van der Waals surface area contributed by atoms with Gasteiger partial charge in [0.15, 0.2) is 0 Å². The third-order valence-electron chi connectivity index (χ3n) is 4.10. The minimum Gasteiger partial charge on any atom is -0.389 e. The molecule has 0 aromatic heterocycles. The maximum Gasteiger partial charge on any atom is 0.0900 e. The predicted molar refractivity (Wildman–Crippen MR) is 85.4 cm³/mol. The van der Waals surface area contributed by atoms with Gasteiger partial charge in [0.1, 0.15) is 0 Å². The van der Waals surface area contributed by atoms with E-state index in [1.165, 1.54) is 5.56 Å². The van der Waals surface area contributed by atoms with E-state index in [1.807, 2.05) is 18.2 Å². The number of ether oxygens (including phenoxy) is 1. The fraction of sp³-hybridized carbons (Fsp3) is 0.647. The molecule has 2 rings (SSSR count). The Balaban J connectivity index is 1.73. The van der Waals surface area contributed by atoms with Crippen LogP contribution in [0.25, 0.3) is 0 Å². The molecule has 1 N–H and O–H groups in total. The van der Waals surface area contributed by atoms with Gasteiger partial charge in [-0.2, -0.15) is 0 Å². The third kappa shape index (κ3) is 5.40. The minimum atomic E-state index is -0.411. The van der Waals surface area contributed by atoms with Crippen LogP contribution in [0.15, 0.2) is 30.3 Å². The second-order valence-corrected chi connectivity index (χ2v) is 5.90. The monoisotopic (exact) mass is 292 g/mol. The van der Waals surface area contributed by atoms with Crippen LogP contribution in [0.2, 0.25) is 0 Å². The van der Waals surface area contributed by atoms with Crippen LogP contribution in [0.4, 0.5) is 0 Å². The van der Waals surface area contributed by atoms with Crippen molar-refractivity contribution in [3.8, 4) is 0 Å². The summed E-state index contributed by atoms with van der Waals surface area (Å²) in [6, 6.07) is 10.2. The first-order valence-electron chi connectivity index (χ1n) is 7.94. The molecule has 0 bridgehead atoms. The van der Waals surface area contributed by atoms with E-state index >= 15 is 0 Å². The summed E-state index contributed by atoms with van der Waals surface area (Å²) in [4.78, 5) is 4.64. The van der Waals surface area contributed by atoms with Crippen molar-refractivity contribution in [2.24, 2.45) is 0 Å². The lowest BCUT2D eigenvalue weighted by atomic mass is 10.1. The first-order chi connectivity index (χ1) is 10.2. The van der Waals surface area contributed by atoms with Gasteiger partial charge in [-0.3, -0.25) is 4.90 Å². The molecule has 4 nitrogen and oxygen atoms in total. The van der Waals surface area contributed by atoms with Crippen molar-refractivity contribution >= 4 is 0 Å². The zero-order valence-corrected chi connectivity index (χ0v) is 13.2. The second kappa shape index (κ2) is 8.49. The molecule has 1 aromatic carbocycles. The summed E-state index contributed by atoms with van der Waals surface area (Å²) in [6.45, 7) is 7.45. The van der Waals surface area contributed by atoms with E-state index in [4.69, 9.17) is 4.74 Å². The van der Waals surface area contributed by atoms with Crippen molar-refractivity contribution in [1.29, 1.82) is 0 Å². The van der Waals surface area contributed by atoms with Gasteiger partial charge in [0.05, 0.1) is 18.8 Å². The number of aliphatic hydroxyl groups excluding tert-OH is 1. The highest BCUT2D eigenvalue weighted by Crippen LogP contribution is 2.20. The lowest BCUT2D eigenvalue weighted by Gasteiger charge is -2.33. The number of likely N-dealkylation sites (N-methyl/N-ethyl adjacent to an activating group) is 1. The molecule has 0 aliphatic carbocycles. The molecule has 1 heterocycles. The molecule has 118 valence electrons. The van der Waals surface area contributed by atoms with E-state index in [9.17, 15) is 5.11 Å². The number of benzene rings is 1. The number of hydrogen-bond acceptors (Lipinski definition) is 4. The van der Waals surface area contributed by atoms with Crippen molar-refractivity contribution in [3.05, 3.63) is 35.9 Å². The largest absolute Gasteiger partial charge is 0.389 e. The van der Waals surface area contributed by atoms with Crippen LogP contribution in [0.3, 0.4) is 0 Å². The van der Waals surface area contributed by atoms with Gasteiger partial charge < -0.3 is 14.7 Å². The Morgan fingerprint density at radius 3 is 2.43 bits per heavy atom. The Bertz CT molecular complexity index is 391. The zero-order valence-electron chi connectivity index (χ0n) is 13.2. The first kappa shape index (κ1) is 16.4. The average Bonchev–Trinajstić information content (AvgIpc) is 2.51. The number of aliphatic hydroxyl groups is 1. The molecule has 1 aliphatic rings. The van der Waals surface area contributed by atoms with Crippen LogP contribution in [0, 0.1) is 0 Å². The SMILES string of the molecule is CCC(OCC(O)CN1CCN(C)CC1)c1ccccc1. The molecule has 0 radical (unpaired) electrons. The molecule has 1 fully saturated rings. The number of rotatable bonds is 7. The van der Waals surface area contributed by atoms with Crippen LogP contribution in [-0.2, 0) is 4.74 Å². The van der Waals surface area contributed by atoms with E-state index in [1.54, 1.807) is 0 Å². The highest BCUT2D eigenvalue weighted by atomic mass is 16.5. The molecule has 0 amide bonds. The van der Waals surface area contributed by atoms with Crippen LogP contribution in [0.5, 0.6) is 0 Å². The summed E-state index contributed by atoms with van der Waals surface area (Å²) in [7, 11) is 2.14. The maximum atomic E-state index is 10.2. The minimum absolute atomic E-state index is 0.0772. The third-order valence-corrected chi connectivity index (χ3v) is 4.10. The molecule has 0 saturated carbocycles. The zero-order chi connectivity index (χ0) is 15.1. The molecule has 1 aromatic rings. The van der Waals surface area contributed by atoms with Crippen LogP contribution in [0.1, 0.15) is 25.0 Å². The highest BCUT2D eigenvalue weighted by Gasteiger charge is 2.18. The smallest absolute Gasteiger partial charge is 0.0900 e. The second-order valence-electron chi connectivity index (χ2n) is 5.90. The maximum absolute atomic E-state index is 10.2. The van der Waals surface area contributed by atoms with Crippen molar-refractivity contribution in [3.63, 3.8) is 0 Å². The van der Waals surface area contributed by atoms with Crippen LogP contribution in [-0.4, -0.2) is 67.4 Å². The van der Waals surface area contributed by atoms with Gasteiger partial charge >= 0.3 is 0 Å². The average molecular weight is 292 g/mol. The van der Waals surface area contributed by atoms with E-state index < -0.39 is 6.10 Å². The molecule has 2 unspecified atom stereocenters. The molecule has 21 heavy (non-hydrogen) atoms.